The second-order valence-electron chi connectivity index (χ2n) is 3.92. The average molecular weight is 277 g/mol. The first-order valence-corrected chi connectivity index (χ1v) is 5.33. The fourth-order valence-electron chi connectivity index (χ4n) is 1.45. The van der Waals surface area contributed by atoms with Crippen molar-refractivity contribution in [3.05, 3.63) is 21.9 Å². The molecule has 1 fully saturated rings. The van der Waals surface area contributed by atoms with Crippen LogP contribution in [-0.2, 0) is 6.42 Å². The van der Waals surface area contributed by atoms with Gasteiger partial charge in [0.1, 0.15) is 5.82 Å². The molecule has 1 saturated carbocycles. The second-order valence-corrected chi connectivity index (χ2v) is 4.71. The predicted octanol–water partition coefficient (Wildman–Crippen LogP) is 2.07. The Bertz CT molecular complexity index is 416. The van der Waals surface area contributed by atoms with Crippen molar-refractivity contribution in [1.29, 1.82) is 0 Å². The number of aromatic hydroxyl groups is 2. The molecule has 0 aliphatic heterocycles. The van der Waals surface area contributed by atoms with Crippen molar-refractivity contribution in [2.45, 2.75) is 24.9 Å². The van der Waals surface area contributed by atoms with Crippen LogP contribution in [0.1, 0.15) is 18.4 Å². The highest BCUT2D eigenvalue weighted by atomic mass is 79.9. The van der Waals surface area contributed by atoms with Crippen LogP contribution in [0.3, 0.4) is 0 Å². The van der Waals surface area contributed by atoms with Crippen molar-refractivity contribution in [2.75, 3.05) is 0 Å². The van der Waals surface area contributed by atoms with Gasteiger partial charge in [0, 0.05) is 18.1 Å². The van der Waals surface area contributed by atoms with E-state index in [4.69, 9.17) is 5.11 Å². The van der Waals surface area contributed by atoms with Gasteiger partial charge in [-0.05, 0) is 28.8 Å². The van der Waals surface area contributed by atoms with Gasteiger partial charge in [-0.2, -0.15) is 0 Å². The summed E-state index contributed by atoms with van der Waals surface area (Å²) in [6.45, 7) is 0. The largest absolute Gasteiger partial charge is 0.504 e. The van der Waals surface area contributed by atoms with Gasteiger partial charge in [0.05, 0.1) is 10.1 Å². The van der Waals surface area contributed by atoms with E-state index in [1.54, 1.807) is 0 Å². The van der Waals surface area contributed by atoms with Gasteiger partial charge in [-0.25, -0.2) is 4.39 Å². The minimum Gasteiger partial charge on any atom is -0.504 e. The van der Waals surface area contributed by atoms with Crippen LogP contribution in [0.4, 0.5) is 4.39 Å². The minimum absolute atomic E-state index is 0.111. The van der Waals surface area contributed by atoms with E-state index in [1.807, 2.05) is 0 Å². The van der Waals surface area contributed by atoms with Crippen molar-refractivity contribution in [2.24, 2.45) is 0 Å². The molecule has 0 saturated heterocycles. The number of phenols is 2. The molecular weight excluding hydrogens is 267 g/mol. The van der Waals surface area contributed by atoms with E-state index in [2.05, 4.69) is 15.9 Å². The molecule has 1 aliphatic carbocycles. The zero-order valence-electron chi connectivity index (χ0n) is 7.80. The number of hydrogen-bond donors (Lipinski definition) is 3. The number of phenolic OH excluding ortho intramolecular Hbond substituents is 2. The molecule has 0 bridgehead atoms. The minimum atomic E-state index is -0.841. The van der Waals surface area contributed by atoms with E-state index in [1.165, 1.54) is 0 Å². The number of halogens is 2. The smallest absolute Gasteiger partial charge is 0.172 e. The van der Waals surface area contributed by atoms with E-state index in [0.29, 0.717) is 12.8 Å². The zero-order chi connectivity index (χ0) is 11.2. The molecule has 3 nitrogen and oxygen atoms in total. The third kappa shape index (κ3) is 1.94. The Morgan fingerprint density at radius 1 is 1.40 bits per heavy atom. The first-order valence-electron chi connectivity index (χ1n) is 4.54. The fourth-order valence-corrected chi connectivity index (χ4v) is 1.98. The van der Waals surface area contributed by atoms with Crippen LogP contribution in [0.15, 0.2) is 10.5 Å². The molecule has 1 aromatic rings. The molecule has 5 heteroatoms. The Balaban J connectivity index is 2.41. The summed E-state index contributed by atoms with van der Waals surface area (Å²) in [4.78, 5) is 0. The predicted molar refractivity (Wildman–Crippen MR) is 55.3 cm³/mol. The number of aliphatic hydroxyl groups is 1. The molecule has 0 amide bonds. The van der Waals surface area contributed by atoms with Crippen molar-refractivity contribution < 1.29 is 19.7 Å². The normalized spacial score (nSPS) is 17.8. The lowest BCUT2D eigenvalue weighted by Crippen LogP contribution is -2.12. The molecule has 1 aromatic carbocycles. The third-order valence-electron chi connectivity index (χ3n) is 2.60. The summed E-state index contributed by atoms with van der Waals surface area (Å²) in [6, 6.07) is 0.848. The van der Waals surface area contributed by atoms with Crippen molar-refractivity contribution >= 4 is 15.9 Å². The summed E-state index contributed by atoms with van der Waals surface area (Å²) in [6.07, 6.45) is 1.42. The van der Waals surface area contributed by atoms with E-state index in [0.717, 1.165) is 6.07 Å². The molecule has 0 atom stereocenters. The Labute approximate surface area is 94.3 Å². The lowest BCUT2D eigenvalue weighted by Gasteiger charge is -2.12. The third-order valence-corrected chi connectivity index (χ3v) is 3.45. The maximum Gasteiger partial charge on any atom is 0.172 e. The zero-order valence-corrected chi connectivity index (χ0v) is 9.38. The van der Waals surface area contributed by atoms with Gasteiger partial charge < -0.3 is 15.3 Å². The van der Waals surface area contributed by atoms with Crippen LogP contribution in [-0.4, -0.2) is 20.9 Å². The summed E-state index contributed by atoms with van der Waals surface area (Å²) in [5.74, 6) is -1.53. The molecule has 2 rings (SSSR count). The quantitative estimate of drug-likeness (QED) is 0.725. The Kier molecular flexibility index (Phi) is 2.39. The molecule has 3 N–H and O–H groups in total. The number of rotatable bonds is 2. The first kappa shape index (κ1) is 10.7. The Morgan fingerprint density at radius 2 is 2.00 bits per heavy atom. The van der Waals surface area contributed by atoms with Crippen molar-refractivity contribution in [1.82, 2.24) is 0 Å². The van der Waals surface area contributed by atoms with Crippen molar-refractivity contribution in [3.63, 3.8) is 0 Å². The SMILES string of the molecule is Oc1cc(F)c(CC2(O)CC2)c(Br)c1O. The molecule has 15 heavy (non-hydrogen) atoms. The van der Waals surface area contributed by atoms with Crippen molar-refractivity contribution in [3.8, 4) is 11.5 Å². The standard InChI is InChI=1S/C10H10BrFO3/c11-8-5(4-10(15)1-2-10)6(12)3-7(13)9(8)14/h3,13-15H,1-2,4H2. The van der Waals surface area contributed by atoms with Gasteiger partial charge in [0.15, 0.2) is 11.5 Å². The molecule has 0 spiro atoms. The maximum absolute atomic E-state index is 13.4. The van der Waals surface area contributed by atoms with Crippen LogP contribution < -0.4 is 0 Å². The van der Waals surface area contributed by atoms with E-state index < -0.39 is 22.9 Å². The summed E-state index contributed by atoms with van der Waals surface area (Å²) in [5, 5.41) is 28.2. The van der Waals surface area contributed by atoms with E-state index in [9.17, 15) is 14.6 Å². The summed E-state index contributed by atoms with van der Waals surface area (Å²) in [7, 11) is 0. The highest BCUT2D eigenvalue weighted by Gasteiger charge is 2.41. The molecular formula is C10H10BrFO3. The topological polar surface area (TPSA) is 60.7 Å². The highest BCUT2D eigenvalue weighted by molar-refractivity contribution is 9.10. The number of benzene rings is 1. The van der Waals surface area contributed by atoms with Crippen LogP contribution in [0.5, 0.6) is 11.5 Å². The van der Waals surface area contributed by atoms with Crippen LogP contribution >= 0.6 is 15.9 Å². The van der Waals surface area contributed by atoms with Gasteiger partial charge in [0.2, 0.25) is 0 Å². The maximum atomic E-state index is 13.4. The van der Waals surface area contributed by atoms with Crippen LogP contribution in [0, 0.1) is 5.82 Å². The Hall–Kier alpha value is -0.810. The highest BCUT2D eigenvalue weighted by Crippen LogP contribution is 2.44. The summed E-state index contributed by atoms with van der Waals surface area (Å²) in [5.41, 5.74) is -0.641. The summed E-state index contributed by atoms with van der Waals surface area (Å²) < 4.78 is 13.5. The van der Waals surface area contributed by atoms with Gasteiger partial charge in [-0.1, -0.05) is 0 Å². The van der Waals surface area contributed by atoms with Gasteiger partial charge >= 0.3 is 0 Å². The second kappa shape index (κ2) is 3.35. The average Bonchev–Trinajstić information content (AvgIpc) is 2.89. The number of hydrogen-bond acceptors (Lipinski definition) is 3. The lowest BCUT2D eigenvalue weighted by molar-refractivity contribution is 0.149. The monoisotopic (exact) mass is 276 g/mol. The summed E-state index contributed by atoms with van der Waals surface area (Å²) >= 11 is 3.00. The van der Waals surface area contributed by atoms with Gasteiger partial charge in [0.25, 0.3) is 0 Å². The Morgan fingerprint density at radius 3 is 2.53 bits per heavy atom. The van der Waals surface area contributed by atoms with Gasteiger partial charge in [-0.3, -0.25) is 0 Å². The van der Waals surface area contributed by atoms with Crippen LogP contribution in [0.2, 0.25) is 0 Å². The molecule has 0 unspecified atom stereocenters. The lowest BCUT2D eigenvalue weighted by atomic mass is 10.1. The fraction of sp³-hybridized carbons (Fsp3) is 0.400. The van der Waals surface area contributed by atoms with Gasteiger partial charge in [-0.15, -0.1) is 0 Å². The molecule has 0 radical (unpaired) electrons. The molecule has 0 heterocycles. The molecule has 0 aromatic heterocycles. The molecule has 82 valence electrons. The first-order chi connectivity index (χ1) is 6.93. The van der Waals surface area contributed by atoms with E-state index >= 15 is 0 Å². The van der Waals surface area contributed by atoms with Crippen LogP contribution in [0.25, 0.3) is 0 Å². The molecule has 1 aliphatic rings. The van der Waals surface area contributed by atoms with E-state index in [-0.39, 0.29) is 16.5 Å².